The summed E-state index contributed by atoms with van der Waals surface area (Å²) in [5, 5.41) is 11.1. The summed E-state index contributed by atoms with van der Waals surface area (Å²) >= 11 is 0. The zero-order chi connectivity index (χ0) is 19.2. The molecule has 2 aromatic rings. The van der Waals surface area contributed by atoms with Gasteiger partial charge >= 0.3 is 12.1 Å². The average Bonchev–Trinajstić information content (AvgIpc) is 2.60. The number of hydrogen-bond donors (Lipinski definition) is 1. The number of benzene rings is 2. The van der Waals surface area contributed by atoms with Crippen LogP contribution in [-0.4, -0.2) is 18.5 Å². The van der Waals surface area contributed by atoms with E-state index in [9.17, 15) is 22.8 Å². The molecular weight excluding hydrogens is 349 g/mol. The first-order valence-corrected chi connectivity index (χ1v) is 7.39. The quantitative estimate of drug-likeness (QED) is 0.828. The van der Waals surface area contributed by atoms with E-state index < -0.39 is 30.2 Å². The first-order valence-electron chi connectivity index (χ1n) is 7.39. The molecule has 0 fully saturated rings. The van der Waals surface area contributed by atoms with E-state index in [1.807, 2.05) is 6.07 Å². The van der Waals surface area contributed by atoms with E-state index >= 15 is 0 Å². The molecule has 5 nitrogen and oxygen atoms in total. The van der Waals surface area contributed by atoms with Crippen LogP contribution in [0.15, 0.2) is 48.5 Å². The second-order valence-electron chi connectivity index (χ2n) is 5.27. The van der Waals surface area contributed by atoms with Gasteiger partial charge in [0, 0.05) is 5.69 Å². The summed E-state index contributed by atoms with van der Waals surface area (Å²) in [4.78, 5) is 23.4. The molecule has 134 valence electrons. The number of hydrogen-bond acceptors (Lipinski definition) is 4. The molecule has 0 saturated heterocycles. The maximum Gasteiger partial charge on any atom is 0.416 e. The topological polar surface area (TPSA) is 79.2 Å². The van der Waals surface area contributed by atoms with Crippen molar-refractivity contribution in [2.24, 2.45) is 0 Å². The molecule has 0 atom stereocenters. The Labute approximate surface area is 147 Å². The van der Waals surface area contributed by atoms with Crippen molar-refractivity contribution in [1.29, 1.82) is 5.26 Å². The van der Waals surface area contributed by atoms with Crippen LogP contribution in [0.4, 0.5) is 18.9 Å². The fourth-order valence-corrected chi connectivity index (χ4v) is 2.05. The zero-order valence-corrected chi connectivity index (χ0v) is 13.3. The maximum absolute atomic E-state index is 12.6. The highest BCUT2D eigenvalue weighted by atomic mass is 19.4. The summed E-state index contributed by atoms with van der Waals surface area (Å²) < 4.78 is 42.6. The molecule has 0 aromatic heterocycles. The lowest BCUT2D eigenvalue weighted by molar-refractivity contribution is -0.146. The number of rotatable bonds is 5. The number of amides is 1. The van der Waals surface area contributed by atoms with Crippen molar-refractivity contribution < 1.29 is 27.5 Å². The lowest BCUT2D eigenvalue weighted by Gasteiger charge is -2.09. The number of nitriles is 1. The number of ether oxygens (including phenoxy) is 1. The summed E-state index contributed by atoms with van der Waals surface area (Å²) in [6, 6.07) is 12.3. The van der Waals surface area contributed by atoms with E-state index in [1.165, 1.54) is 36.4 Å². The Morgan fingerprint density at radius 3 is 2.42 bits per heavy atom. The van der Waals surface area contributed by atoms with Crippen molar-refractivity contribution in [1.82, 2.24) is 0 Å². The summed E-state index contributed by atoms with van der Waals surface area (Å²) in [6.45, 7) is -0.572. The van der Waals surface area contributed by atoms with Gasteiger partial charge in [0.15, 0.2) is 6.61 Å². The van der Waals surface area contributed by atoms with E-state index in [1.54, 1.807) is 0 Å². The predicted octanol–water partition coefficient (Wildman–Crippen LogP) is 3.30. The van der Waals surface area contributed by atoms with Crippen LogP contribution in [0.3, 0.4) is 0 Å². The Bertz CT molecular complexity index is 840. The minimum Gasteiger partial charge on any atom is -0.455 e. The summed E-state index contributed by atoms with van der Waals surface area (Å²) in [5.41, 5.74) is 0.122. The maximum atomic E-state index is 12.6. The van der Waals surface area contributed by atoms with E-state index in [4.69, 9.17) is 10.00 Å². The molecule has 0 saturated carbocycles. The minimum absolute atomic E-state index is 0.136. The molecule has 0 spiro atoms. The highest BCUT2D eigenvalue weighted by Crippen LogP contribution is 2.29. The van der Waals surface area contributed by atoms with Gasteiger partial charge in [-0.05, 0) is 35.9 Å². The highest BCUT2D eigenvalue weighted by Gasteiger charge is 2.30. The van der Waals surface area contributed by atoms with E-state index in [0.29, 0.717) is 11.3 Å². The van der Waals surface area contributed by atoms with Gasteiger partial charge in [0.1, 0.15) is 0 Å². The SMILES string of the molecule is N#Cc1ccc(NC(=O)COC(=O)Cc2cccc(C(F)(F)F)c2)cc1. The van der Waals surface area contributed by atoms with Crippen LogP contribution in [0, 0.1) is 11.3 Å². The Balaban J connectivity index is 1.84. The number of halogens is 3. The first kappa shape index (κ1) is 19.0. The first-order chi connectivity index (χ1) is 12.3. The number of esters is 1. The molecule has 0 aliphatic heterocycles. The molecule has 2 aromatic carbocycles. The number of nitrogens with one attached hydrogen (secondary N) is 1. The van der Waals surface area contributed by atoms with Crippen molar-refractivity contribution in [2.75, 3.05) is 11.9 Å². The molecule has 26 heavy (non-hydrogen) atoms. The van der Waals surface area contributed by atoms with Crippen LogP contribution in [-0.2, 0) is 26.9 Å². The van der Waals surface area contributed by atoms with Gasteiger partial charge in [-0.3, -0.25) is 9.59 Å². The highest BCUT2D eigenvalue weighted by molar-refractivity contribution is 5.92. The molecule has 0 radical (unpaired) electrons. The Morgan fingerprint density at radius 2 is 1.81 bits per heavy atom. The van der Waals surface area contributed by atoms with Crippen LogP contribution >= 0.6 is 0 Å². The fraction of sp³-hybridized carbons (Fsp3) is 0.167. The van der Waals surface area contributed by atoms with Gasteiger partial charge in [-0.15, -0.1) is 0 Å². The standard InChI is InChI=1S/C18H13F3N2O3/c19-18(20,21)14-3-1-2-13(8-14)9-17(25)26-11-16(24)23-15-6-4-12(10-22)5-7-15/h1-8H,9,11H2,(H,23,24). The van der Waals surface area contributed by atoms with E-state index in [0.717, 1.165) is 12.1 Å². The van der Waals surface area contributed by atoms with Gasteiger partial charge in [0.05, 0.1) is 23.6 Å². The van der Waals surface area contributed by atoms with Gasteiger partial charge in [-0.25, -0.2) is 0 Å². The molecule has 0 heterocycles. The number of nitrogens with zero attached hydrogens (tertiary/aromatic N) is 1. The van der Waals surface area contributed by atoms with Gasteiger partial charge in [0.25, 0.3) is 5.91 Å². The third kappa shape index (κ3) is 5.63. The smallest absolute Gasteiger partial charge is 0.416 e. The van der Waals surface area contributed by atoms with Gasteiger partial charge in [-0.1, -0.05) is 18.2 Å². The third-order valence-corrected chi connectivity index (χ3v) is 3.26. The fourth-order valence-electron chi connectivity index (χ4n) is 2.05. The van der Waals surface area contributed by atoms with Crippen molar-refractivity contribution in [3.05, 3.63) is 65.2 Å². The van der Waals surface area contributed by atoms with Gasteiger partial charge < -0.3 is 10.1 Å². The van der Waals surface area contributed by atoms with Crippen molar-refractivity contribution in [3.8, 4) is 6.07 Å². The largest absolute Gasteiger partial charge is 0.455 e. The summed E-state index contributed by atoms with van der Waals surface area (Å²) in [6.07, 6.45) is -4.88. The number of carbonyl (C=O) groups excluding carboxylic acids is 2. The molecule has 0 bridgehead atoms. The summed E-state index contributed by atoms with van der Waals surface area (Å²) in [7, 11) is 0. The molecule has 0 unspecified atom stereocenters. The van der Waals surface area contributed by atoms with Crippen LogP contribution in [0.1, 0.15) is 16.7 Å². The van der Waals surface area contributed by atoms with Gasteiger partial charge in [-0.2, -0.15) is 18.4 Å². The monoisotopic (exact) mass is 362 g/mol. The lowest BCUT2D eigenvalue weighted by atomic mass is 10.1. The molecular formula is C18H13F3N2O3. The van der Waals surface area contributed by atoms with Crippen LogP contribution < -0.4 is 5.32 Å². The minimum atomic E-state index is -4.50. The third-order valence-electron chi connectivity index (χ3n) is 3.26. The molecule has 0 aliphatic rings. The second kappa shape index (κ2) is 8.16. The molecule has 2 rings (SSSR count). The lowest BCUT2D eigenvalue weighted by Crippen LogP contribution is -2.21. The average molecular weight is 362 g/mol. The summed E-state index contributed by atoms with van der Waals surface area (Å²) in [5.74, 6) is -1.42. The number of anilines is 1. The van der Waals surface area contributed by atoms with Crippen molar-refractivity contribution in [2.45, 2.75) is 12.6 Å². The molecule has 1 N–H and O–H groups in total. The van der Waals surface area contributed by atoms with Crippen LogP contribution in [0.5, 0.6) is 0 Å². The zero-order valence-electron chi connectivity index (χ0n) is 13.3. The predicted molar refractivity (Wildman–Crippen MR) is 85.9 cm³/mol. The van der Waals surface area contributed by atoms with Crippen molar-refractivity contribution >= 4 is 17.6 Å². The van der Waals surface area contributed by atoms with Crippen LogP contribution in [0.25, 0.3) is 0 Å². The van der Waals surface area contributed by atoms with E-state index in [-0.39, 0.29) is 12.0 Å². The Hall–Kier alpha value is -3.34. The van der Waals surface area contributed by atoms with E-state index in [2.05, 4.69) is 5.32 Å². The Morgan fingerprint density at radius 1 is 1.12 bits per heavy atom. The van der Waals surface area contributed by atoms with Gasteiger partial charge in [0.2, 0.25) is 0 Å². The Kier molecular flexibility index (Phi) is 5.96. The molecule has 8 heteroatoms. The normalized spacial score (nSPS) is 10.7. The number of alkyl halides is 3. The van der Waals surface area contributed by atoms with Crippen LogP contribution in [0.2, 0.25) is 0 Å². The molecule has 1 amide bonds. The van der Waals surface area contributed by atoms with Crippen molar-refractivity contribution in [3.63, 3.8) is 0 Å². The number of carbonyl (C=O) groups is 2. The molecule has 0 aliphatic carbocycles. The second-order valence-corrected chi connectivity index (χ2v) is 5.27.